The largest absolute Gasteiger partial charge is 0.323 e. The Morgan fingerprint density at radius 3 is 2.96 bits per heavy atom. The van der Waals surface area contributed by atoms with E-state index >= 15 is 0 Å². The van der Waals surface area contributed by atoms with Crippen LogP contribution in [0, 0.1) is 0 Å². The molecule has 1 aliphatic rings. The molecule has 3 rings (SSSR count). The summed E-state index contributed by atoms with van der Waals surface area (Å²) < 4.78 is 4.39. The molecule has 122 valence electrons. The molecular weight excluding hydrogens is 379 g/mol. The summed E-state index contributed by atoms with van der Waals surface area (Å²) in [5, 5.41) is 7.84. The fraction of sp³-hybridized carbons (Fsp3) is 0.357. The maximum Gasteiger partial charge on any atom is 0.241 e. The highest BCUT2D eigenvalue weighted by atomic mass is 35.5. The molecule has 1 saturated heterocycles. The van der Waals surface area contributed by atoms with E-state index in [-0.39, 0.29) is 11.9 Å². The molecule has 1 aliphatic heterocycles. The van der Waals surface area contributed by atoms with Crippen LogP contribution >= 0.6 is 46.3 Å². The third kappa shape index (κ3) is 3.95. The lowest BCUT2D eigenvalue weighted by molar-refractivity contribution is -0.120. The molecule has 1 fully saturated rings. The van der Waals surface area contributed by atoms with Crippen LogP contribution in [0.25, 0.3) is 0 Å². The third-order valence-electron chi connectivity index (χ3n) is 3.71. The highest BCUT2D eigenvalue weighted by molar-refractivity contribution is 7.10. The Hall–Kier alpha value is -0.920. The minimum Gasteiger partial charge on any atom is -0.323 e. The zero-order valence-corrected chi connectivity index (χ0v) is 15.0. The van der Waals surface area contributed by atoms with Crippen LogP contribution < -0.4 is 5.32 Å². The van der Waals surface area contributed by atoms with Crippen LogP contribution in [-0.4, -0.2) is 33.0 Å². The number of likely N-dealkylation sites (tertiary alicyclic amines) is 1. The average molecular weight is 392 g/mol. The molecule has 1 N–H and O–H groups in total. The maximum atomic E-state index is 12.6. The minimum absolute atomic E-state index is 0.106. The number of aromatic nitrogens is 2. The molecule has 1 atom stereocenters. The zero-order valence-electron chi connectivity index (χ0n) is 11.9. The number of nitrogens with one attached hydrogen (secondary N) is 1. The van der Waals surface area contributed by atoms with Gasteiger partial charge in [0.2, 0.25) is 5.91 Å². The van der Waals surface area contributed by atoms with Gasteiger partial charge in [0, 0.05) is 23.1 Å². The monoisotopic (exact) mass is 390 g/mol. The number of hydrogen-bond acceptors (Lipinski definition) is 5. The van der Waals surface area contributed by atoms with Gasteiger partial charge >= 0.3 is 0 Å². The number of anilines is 1. The second-order valence-electron chi connectivity index (χ2n) is 5.24. The molecule has 0 saturated carbocycles. The zero-order chi connectivity index (χ0) is 16.4. The first-order chi connectivity index (χ1) is 11.0. The molecule has 1 aromatic carbocycles. The van der Waals surface area contributed by atoms with Crippen molar-refractivity contribution in [3.63, 3.8) is 0 Å². The summed E-state index contributed by atoms with van der Waals surface area (Å²) in [6.07, 6.45) is 1.72. The van der Waals surface area contributed by atoms with Crippen molar-refractivity contribution < 1.29 is 4.79 Å². The molecule has 2 heterocycles. The Morgan fingerprint density at radius 2 is 2.22 bits per heavy atom. The van der Waals surface area contributed by atoms with E-state index in [2.05, 4.69) is 19.8 Å². The normalized spacial score (nSPS) is 18.3. The van der Waals surface area contributed by atoms with Crippen molar-refractivity contribution in [1.29, 1.82) is 0 Å². The predicted molar refractivity (Wildman–Crippen MR) is 93.4 cm³/mol. The van der Waals surface area contributed by atoms with E-state index < -0.39 is 0 Å². The van der Waals surface area contributed by atoms with E-state index in [1.165, 1.54) is 0 Å². The molecule has 5 nitrogen and oxygen atoms in total. The van der Waals surface area contributed by atoms with Gasteiger partial charge in [-0.15, -0.1) is 5.10 Å². The fourth-order valence-corrected chi connectivity index (χ4v) is 3.55. The number of carbonyl (C=O) groups excluding carboxylic acids is 1. The lowest BCUT2D eigenvalue weighted by Crippen LogP contribution is -2.39. The smallest absolute Gasteiger partial charge is 0.241 e. The lowest BCUT2D eigenvalue weighted by atomic mass is 10.2. The second kappa shape index (κ2) is 7.32. The van der Waals surface area contributed by atoms with Gasteiger partial charge in [-0.1, -0.05) is 39.3 Å². The van der Waals surface area contributed by atoms with E-state index in [9.17, 15) is 4.79 Å². The van der Waals surface area contributed by atoms with Gasteiger partial charge in [-0.05, 0) is 37.6 Å². The molecule has 23 heavy (non-hydrogen) atoms. The molecule has 9 heteroatoms. The van der Waals surface area contributed by atoms with E-state index in [1.807, 2.05) is 0 Å². The van der Waals surface area contributed by atoms with Gasteiger partial charge in [0.15, 0.2) is 0 Å². The van der Waals surface area contributed by atoms with E-state index in [0.717, 1.165) is 30.9 Å². The van der Waals surface area contributed by atoms with Gasteiger partial charge in [-0.3, -0.25) is 9.69 Å². The first-order valence-corrected chi connectivity index (χ1v) is 8.92. The SMILES string of the molecule is O=C(Nc1cc(Cl)ccc1Cl)[C@H]1CCCN1Cc1nnsc1Cl. The standard InChI is InChI=1S/C14H13Cl3N4OS/c15-8-3-4-9(16)10(6-8)18-14(22)12-2-1-5-21(12)7-11-13(17)23-20-19-11/h3-4,6,12H,1-2,5,7H2,(H,18,22)/t12-/m1/s1. The van der Waals surface area contributed by atoms with Gasteiger partial charge in [0.25, 0.3) is 0 Å². The molecular formula is C14H13Cl3N4OS. The van der Waals surface area contributed by atoms with Crippen LogP contribution in [0.2, 0.25) is 14.4 Å². The topological polar surface area (TPSA) is 58.1 Å². The molecule has 0 spiro atoms. The summed E-state index contributed by atoms with van der Waals surface area (Å²) in [6.45, 7) is 1.33. The molecule has 0 aliphatic carbocycles. The van der Waals surface area contributed by atoms with Crippen molar-refractivity contribution >= 4 is 57.9 Å². The Balaban J connectivity index is 1.70. The van der Waals surface area contributed by atoms with Gasteiger partial charge in [0.05, 0.1) is 16.8 Å². The van der Waals surface area contributed by atoms with Crippen molar-refractivity contribution in [2.75, 3.05) is 11.9 Å². The average Bonchev–Trinajstić information content (AvgIpc) is 3.13. The molecule has 0 bridgehead atoms. The van der Waals surface area contributed by atoms with Crippen LogP contribution in [-0.2, 0) is 11.3 Å². The molecule has 0 unspecified atom stereocenters. The molecule has 1 aromatic heterocycles. The van der Waals surface area contributed by atoms with Gasteiger partial charge in [-0.25, -0.2) is 0 Å². The first-order valence-electron chi connectivity index (χ1n) is 7.01. The molecule has 2 aromatic rings. The van der Waals surface area contributed by atoms with Crippen molar-refractivity contribution in [1.82, 2.24) is 14.5 Å². The van der Waals surface area contributed by atoms with Crippen LogP contribution in [0.1, 0.15) is 18.5 Å². The Morgan fingerprint density at radius 1 is 1.39 bits per heavy atom. The van der Waals surface area contributed by atoms with Crippen LogP contribution in [0.3, 0.4) is 0 Å². The highest BCUT2D eigenvalue weighted by Gasteiger charge is 2.32. The van der Waals surface area contributed by atoms with Gasteiger partial charge < -0.3 is 5.32 Å². The van der Waals surface area contributed by atoms with Crippen molar-refractivity contribution in [3.05, 3.63) is 38.3 Å². The number of hydrogen-bond donors (Lipinski definition) is 1. The van der Waals surface area contributed by atoms with Crippen molar-refractivity contribution in [2.45, 2.75) is 25.4 Å². The quantitative estimate of drug-likeness (QED) is 0.852. The number of benzene rings is 1. The summed E-state index contributed by atoms with van der Waals surface area (Å²) in [4.78, 5) is 14.6. The third-order valence-corrected chi connectivity index (χ3v) is 5.26. The second-order valence-corrected chi connectivity index (χ2v) is 7.44. The van der Waals surface area contributed by atoms with E-state index in [4.69, 9.17) is 34.8 Å². The van der Waals surface area contributed by atoms with Crippen LogP contribution in [0.15, 0.2) is 18.2 Å². The van der Waals surface area contributed by atoms with Gasteiger partial charge in [-0.2, -0.15) is 0 Å². The number of amides is 1. The van der Waals surface area contributed by atoms with E-state index in [0.29, 0.717) is 32.3 Å². The lowest BCUT2D eigenvalue weighted by Gasteiger charge is -2.23. The van der Waals surface area contributed by atoms with Gasteiger partial charge in [0.1, 0.15) is 10.0 Å². The van der Waals surface area contributed by atoms with Crippen LogP contribution in [0.5, 0.6) is 0 Å². The molecule has 1 amide bonds. The number of halogens is 3. The fourth-order valence-electron chi connectivity index (χ4n) is 2.61. The summed E-state index contributed by atoms with van der Waals surface area (Å²) in [6, 6.07) is 4.73. The van der Waals surface area contributed by atoms with Crippen molar-refractivity contribution in [3.8, 4) is 0 Å². The summed E-state index contributed by atoms with van der Waals surface area (Å²) >= 11 is 19.2. The number of rotatable bonds is 4. The molecule has 0 radical (unpaired) electrons. The Kier molecular flexibility index (Phi) is 5.38. The van der Waals surface area contributed by atoms with Crippen LogP contribution in [0.4, 0.5) is 5.69 Å². The number of nitrogens with zero attached hydrogens (tertiary/aromatic N) is 3. The number of carbonyl (C=O) groups is 1. The summed E-state index contributed by atoms with van der Waals surface area (Å²) in [7, 11) is 0. The van der Waals surface area contributed by atoms with E-state index in [1.54, 1.807) is 18.2 Å². The maximum absolute atomic E-state index is 12.6. The summed E-state index contributed by atoms with van der Waals surface area (Å²) in [5.41, 5.74) is 1.22. The predicted octanol–water partition coefficient (Wildman–Crippen LogP) is 4.10. The van der Waals surface area contributed by atoms with Crippen molar-refractivity contribution in [2.24, 2.45) is 0 Å². The Bertz CT molecular complexity index is 724. The first kappa shape index (κ1) is 16.9. The minimum atomic E-state index is -0.247. The highest BCUT2D eigenvalue weighted by Crippen LogP contribution is 2.28. The summed E-state index contributed by atoms with van der Waals surface area (Å²) in [5.74, 6) is -0.106. The Labute approximate surface area is 152 Å².